The van der Waals surface area contributed by atoms with Crippen LogP contribution in [0.25, 0.3) is 11.1 Å². The predicted octanol–water partition coefficient (Wildman–Crippen LogP) is 4.47. The van der Waals surface area contributed by atoms with E-state index >= 15 is 0 Å². The second kappa shape index (κ2) is 9.98. The number of hydrogen-bond donors (Lipinski definition) is 0. The van der Waals surface area contributed by atoms with E-state index in [4.69, 9.17) is 9.72 Å². The molecule has 1 saturated heterocycles. The fourth-order valence-electron chi connectivity index (χ4n) is 4.27. The fraction of sp³-hybridized carbons (Fsp3) is 0.385. The van der Waals surface area contributed by atoms with Gasteiger partial charge < -0.3 is 14.5 Å². The molecule has 2 aromatic heterocycles. The topological polar surface area (TPSA) is 71.5 Å². The molecule has 172 valence electrons. The van der Waals surface area contributed by atoms with Crippen molar-refractivity contribution in [3.8, 4) is 16.9 Å². The molecule has 0 radical (unpaired) electrons. The Hall–Kier alpha value is -3.48. The summed E-state index contributed by atoms with van der Waals surface area (Å²) in [5, 5.41) is 0. The Morgan fingerprint density at radius 3 is 2.67 bits per heavy atom. The Bertz CT molecular complexity index is 1100. The Morgan fingerprint density at radius 2 is 1.94 bits per heavy atom. The van der Waals surface area contributed by atoms with Crippen molar-refractivity contribution < 1.29 is 9.53 Å². The van der Waals surface area contributed by atoms with Gasteiger partial charge in [-0.25, -0.2) is 9.97 Å². The summed E-state index contributed by atoms with van der Waals surface area (Å²) in [4.78, 5) is 30.6. The number of nitrogens with zero attached hydrogens (tertiary/aromatic N) is 5. The molecule has 0 bridgehead atoms. The molecule has 1 aliphatic rings. The maximum absolute atomic E-state index is 13.3. The highest BCUT2D eigenvalue weighted by molar-refractivity contribution is 5.79. The summed E-state index contributed by atoms with van der Waals surface area (Å²) in [6.07, 6.45) is 7.16. The minimum atomic E-state index is -0.119. The summed E-state index contributed by atoms with van der Waals surface area (Å²) in [5.41, 5.74) is 3.90. The van der Waals surface area contributed by atoms with Gasteiger partial charge in [-0.05, 0) is 48.1 Å². The van der Waals surface area contributed by atoms with Crippen LogP contribution in [0.4, 0.5) is 5.95 Å². The van der Waals surface area contributed by atoms with Crippen molar-refractivity contribution in [2.45, 2.75) is 38.6 Å². The van der Waals surface area contributed by atoms with E-state index in [9.17, 15) is 4.79 Å². The molecular formula is C26H31N5O2. The molecule has 4 rings (SSSR count). The number of anilines is 1. The van der Waals surface area contributed by atoms with Crippen molar-refractivity contribution in [3.63, 3.8) is 0 Å². The molecule has 0 N–H and O–H groups in total. The number of benzene rings is 1. The lowest BCUT2D eigenvalue weighted by Crippen LogP contribution is -2.35. The quantitative estimate of drug-likeness (QED) is 0.534. The third-order valence-corrected chi connectivity index (χ3v) is 5.98. The standard InChI is InChI=1S/C26H31N5O2/c1-18(2)20-8-5-6-10-23(20)33-17-24(32)31-15-7-9-22(31)25-21(19-11-13-27-14-12-19)16-28-26(29-25)30(3)4/h5-6,8,10-14,16,18,22H,7,9,15,17H2,1-4H3. The zero-order valence-electron chi connectivity index (χ0n) is 19.7. The van der Waals surface area contributed by atoms with Crippen LogP contribution < -0.4 is 9.64 Å². The number of aromatic nitrogens is 3. The highest BCUT2D eigenvalue weighted by atomic mass is 16.5. The second-order valence-corrected chi connectivity index (χ2v) is 8.83. The van der Waals surface area contributed by atoms with Crippen molar-refractivity contribution in [1.29, 1.82) is 0 Å². The average Bonchev–Trinajstić information content (AvgIpc) is 3.33. The van der Waals surface area contributed by atoms with Crippen LogP contribution in [0, 0.1) is 0 Å². The molecule has 1 aromatic carbocycles. The molecular weight excluding hydrogens is 414 g/mol. The average molecular weight is 446 g/mol. The van der Waals surface area contributed by atoms with E-state index in [2.05, 4.69) is 23.8 Å². The van der Waals surface area contributed by atoms with Crippen LogP contribution >= 0.6 is 0 Å². The van der Waals surface area contributed by atoms with Gasteiger partial charge in [0.15, 0.2) is 6.61 Å². The zero-order chi connectivity index (χ0) is 23.4. The van der Waals surface area contributed by atoms with Crippen LogP contribution in [0.2, 0.25) is 0 Å². The fourth-order valence-corrected chi connectivity index (χ4v) is 4.27. The molecule has 7 nitrogen and oxygen atoms in total. The number of para-hydroxylation sites is 1. The number of carbonyl (C=O) groups excluding carboxylic acids is 1. The number of ether oxygens (including phenoxy) is 1. The number of likely N-dealkylation sites (tertiary alicyclic amines) is 1. The molecule has 0 aliphatic carbocycles. The Labute approximate surface area is 195 Å². The molecule has 3 heterocycles. The Kier molecular flexibility index (Phi) is 6.87. The highest BCUT2D eigenvalue weighted by Crippen LogP contribution is 2.37. The van der Waals surface area contributed by atoms with Crippen molar-refractivity contribution >= 4 is 11.9 Å². The molecule has 7 heteroatoms. The summed E-state index contributed by atoms with van der Waals surface area (Å²) >= 11 is 0. The monoisotopic (exact) mass is 445 g/mol. The van der Waals surface area contributed by atoms with Crippen molar-refractivity contribution in [2.24, 2.45) is 0 Å². The van der Waals surface area contributed by atoms with Gasteiger partial charge in [-0.3, -0.25) is 9.78 Å². The largest absolute Gasteiger partial charge is 0.483 e. The van der Waals surface area contributed by atoms with Gasteiger partial charge in [0.25, 0.3) is 5.91 Å². The molecule has 1 amide bonds. The molecule has 3 aromatic rings. The number of rotatable bonds is 7. The minimum absolute atomic E-state index is 0.0104. The minimum Gasteiger partial charge on any atom is -0.483 e. The zero-order valence-corrected chi connectivity index (χ0v) is 19.7. The van der Waals surface area contributed by atoms with Crippen LogP contribution in [0.5, 0.6) is 5.75 Å². The van der Waals surface area contributed by atoms with E-state index < -0.39 is 0 Å². The maximum Gasteiger partial charge on any atom is 0.261 e. The van der Waals surface area contributed by atoms with Gasteiger partial charge in [0, 0.05) is 44.8 Å². The van der Waals surface area contributed by atoms with Gasteiger partial charge in [0.05, 0.1) is 11.7 Å². The first kappa shape index (κ1) is 22.7. The van der Waals surface area contributed by atoms with Crippen LogP contribution in [-0.4, -0.2) is 53.0 Å². The number of hydrogen-bond acceptors (Lipinski definition) is 6. The van der Waals surface area contributed by atoms with Crippen LogP contribution in [0.3, 0.4) is 0 Å². The lowest BCUT2D eigenvalue weighted by molar-refractivity contribution is -0.134. The normalized spacial score (nSPS) is 15.7. The van der Waals surface area contributed by atoms with E-state index in [1.807, 2.05) is 66.5 Å². The van der Waals surface area contributed by atoms with Gasteiger partial charge in [-0.15, -0.1) is 0 Å². The molecule has 1 unspecified atom stereocenters. The number of carbonyl (C=O) groups is 1. The third kappa shape index (κ3) is 4.97. The van der Waals surface area contributed by atoms with Gasteiger partial charge in [0.2, 0.25) is 5.95 Å². The maximum atomic E-state index is 13.3. The van der Waals surface area contributed by atoms with Crippen LogP contribution in [-0.2, 0) is 4.79 Å². The molecule has 1 aliphatic heterocycles. The Balaban J connectivity index is 1.60. The number of pyridine rings is 1. The van der Waals surface area contributed by atoms with Gasteiger partial charge >= 0.3 is 0 Å². The summed E-state index contributed by atoms with van der Waals surface area (Å²) in [6, 6.07) is 11.7. The summed E-state index contributed by atoms with van der Waals surface area (Å²) < 4.78 is 5.99. The van der Waals surface area contributed by atoms with E-state index in [1.54, 1.807) is 12.4 Å². The first-order valence-corrected chi connectivity index (χ1v) is 11.4. The molecule has 1 atom stereocenters. The van der Waals surface area contributed by atoms with Crippen LogP contribution in [0.1, 0.15) is 49.9 Å². The van der Waals surface area contributed by atoms with E-state index in [1.165, 1.54) is 0 Å². The summed E-state index contributed by atoms with van der Waals surface area (Å²) in [6.45, 7) is 4.95. The van der Waals surface area contributed by atoms with Gasteiger partial charge in [-0.1, -0.05) is 32.0 Å². The first-order valence-electron chi connectivity index (χ1n) is 11.4. The molecule has 33 heavy (non-hydrogen) atoms. The molecule has 0 spiro atoms. The van der Waals surface area contributed by atoms with E-state index in [0.29, 0.717) is 18.4 Å². The van der Waals surface area contributed by atoms with Crippen molar-refractivity contribution in [2.75, 3.05) is 32.1 Å². The summed E-state index contributed by atoms with van der Waals surface area (Å²) in [5.74, 6) is 1.70. The second-order valence-electron chi connectivity index (χ2n) is 8.83. The van der Waals surface area contributed by atoms with Crippen molar-refractivity contribution in [1.82, 2.24) is 19.9 Å². The van der Waals surface area contributed by atoms with Gasteiger partial charge in [-0.2, -0.15) is 0 Å². The third-order valence-electron chi connectivity index (χ3n) is 5.98. The van der Waals surface area contributed by atoms with E-state index in [0.717, 1.165) is 41.0 Å². The number of amides is 1. The summed E-state index contributed by atoms with van der Waals surface area (Å²) in [7, 11) is 3.84. The first-order chi connectivity index (χ1) is 16.0. The van der Waals surface area contributed by atoms with Crippen molar-refractivity contribution in [3.05, 3.63) is 66.2 Å². The molecule has 0 saturated carbocycles. The predicted molar refractivity (Wildman–Crippen MR) is 129 cm³/mol. The lowest BCUT2D eigenvalue weighted by Gasteiger charge is -2.27. The van der Waals surface area contributed by atoms with Gasteiger partial charge in [0.1, 0.15) is 5.75 Å². The smallest absolute Gasteiger partial charge is 0.261 e. The van der Waals surface area contributed by atoms with Crippen LogP contribution in [0.15, 0.2) is 55.0 Å². The Morgan fingerprint density at radius 1 is 1.18 bits per heavy atom. The highest BCUT2D eigenvalue weighted by Gasteiger charge is 2.33. The van der Waals surface area contributed by atoms with E-state index in [-0.39, 0.29) is 18.6 Å². The SMILES string of the molecule is CC(C)c1ccccc1OCC(=O)N1CCCC1c1nc(N(C)C)ncc1-c1ccncc1. The lowest BCUT2D eigenvalue weighted by atomic mass is 10.0. The molecule has 1 fully saturated rings.